The highest BCUT2D eigenvalue weighted by molar-refractivity contribution is 7.12. The van der Waals surface area contributed by atoms with Crippen molar-refractivity contribution in [2.75, 3.05) is 0 Å². The first-order valence-corrected chi connectivity index (χ1v) is 8.51. The molecule has 2 N–H and O–H groups in total. The summed E-state index contributed by atoms with van der Waals surface area (Å²) in [5, 5.41) is 1.84. The summed E-state index contributed by atoms with van der Waals surface area (Å²) in [4.78, 5) is 29.3. The van der Waals surface area contributed by atoms with Gasteiger partial charge >= 0.3 is 0 Å². The first-order valence-electron chi connectivity index (χ1n) is 7.63. The lowest BCUT2D eigenvalue weighted by atomic mass is 10.2. The number of rotatable bonds is 3. The van der Waals surface area contributed by atoms with E-state index in [1.807, 2.05) is 31.4 Å². The molecule has 124 valence electrons. The molecule has 6 nitrogen and oxygen atoms in total. The van der Waals surface area contributed by atoms with E-state index in [2.05, 4.69) is 27.3 Å². The van der Waals surface area contributed by atoms with E-state index < -0.39 is 0 Å². The van der Waals surface area contributed by atoms with Gasteiger partial charge in [0.15, 0.2) is 0 Å². The van der Waals surface area contributed by atoms with E-state index in [-0.39, 0.29) is 11.8 Å². The molecule has 3 rings (SSSR count). The summed E-state index contributed by atoms with van der Waals surface area (Å²) >= 11 is 1.34. The molecule has 2 aromatic heterocycles. The fourth-order valence-electron chi connectivity index (χ4n) is 2.64. The van der Waals surface area contributed by atoms with Gasteiger partial charge in [0.1, 0.15) is 5.82 Å². The fourth-order valence-corrected chi connectivity index (χ4v) is 3.46. The van der Waals surface area contributed by atoms with Crippen molar-refractivity contribution in [2.24, 2.45) is 0 Å². The lowest BCUT2D eigenvalue weighted by molar-refractivity contribution is 0.0848. The van der Waals surface area contributed by atoms with Crippen LogP contribution in [0.1, 0.15) is 38.3 Å². The molecule has 1 aromatic carbocycles. The molecule has 0 unspecified atom stereocenters. The molecule has 0 saturated heterocycles. The van der Waals surface area contributed by atoms with Gasteiger partial charge in [0.05, 0.1) is 15.9 Å². The number of carbonyl (C=O) groups excluding carboxylic acids is 2. The summed E-state index contributed by atoms with van der Waals surface area (Å²) in [6.45, 7) is 6.67. The van der Waals surface area contributed by atoms with Gasteiger partial charge < -0.3 is 4.57 Å². The Morgan fingerprint density at radius 3 is 2.58 bits per heavy atom. The molecule has 2 amide bonds. The SMILES string of the molecule is CCn1c(C)nc2cc(C(=O)NNC(=O)c3sccc3C)ccc21. The van der Waals surface area contributed by atoms with Gasteiger partial charge in [-0.2, -0.15) is 0 Å². The van der Waals surface area contributed by atoms with Crippen molar-refractivity contribution in [3.63, 3.8) is 0 Å². The standard InChI is InChI=1S/C17H18N4O2S/c1-4-21-11(3)18-13-9-12(5-6-14(13)21)16(22)19-20-17(23)15-10(2)7-8-24-15/h5-9H,4H2,1-3H3,(H,19,22)(H,20,23). The normalized spacial score (nSPS) is 10.8. The van der Waals surface area contributed by atoms with Crippen LogP contribution < -0.4 is 10.9 Å². The Labute approximate surface area is 143 Å². The zero-order chi connectivity index (χ0) is 17.3. The first kappa shape index (κ1) is 16.2. The van der Waals surface area contributed by atoms with Gasteiger partial charge in [-0.05, 0) is 56.0 Å². The average Bonchev–Trinajstić information content (AvgIpc) is 3.13. The molecule has 0 aliphatic rings. The number of hydrogen-bond acceptors (Lipinski definition) is 4. The molecule has 0 saturated carbocycles. The Bertz CT molecular complexity index is 926. The van der Waals surface area contributed by atoms with Crippen molar-refractivity contribution in [1.29, 1.82) is 0 Å². The van der Waals surface area contributed by atoms with Crippen LogP contribution in [0, 0.1) is 13.8 Å². The number of hydrazine groups is 1. The quantitative estimate of drug-likeness (QED) is 0.719. The molecule has 2 heterocycles. The van der Waals surface area contributed by atoms with E-state index in [1.54, 1.807) is 12.1 Å². The minimum Gasteiger partial charge on any atom is -0.329 e. The zero-order valence-corrected chi connectivity index (χ0v) is 14.5. The number of amides is 2. The number of imidazole rings is 1. The van der Waals surface area contributed by atoms with Gasteiger partial charge in [-0.1, -0.05) is 0 Å². The van der Waals surface area contributed by atoms with E-state index in [0.29, 0.717) is 10.4 Å². The highest BCUT2D eigenvalue weighted by atomic mass is 32.1. The predicted molar refractivity (Wildman–Crippen MR) is 94.1 cm³/mol. The molecule has 0 radical (unpaired) electrons. The number of fused-ring (bicyclic) bond motifs is 1. The first-order chi connectivity index (χ1) is 11.5. The Hall–Kier alpha value is -2.67. The van der Waals surface area contributed by atoms with Crippen LogP contribution in [0.5, 0.6) is 0 Å². The largest absolute Gasteiger partial charge is 0.329 e. The monoisotopic (exact) mass is 342 g/mol. The molecule has 0 aliphatic carbocycles. The third-order valence-corrected chi connectivity index (χ3v) is 4.89. The van der Waals surface area contributed by atoms with Crippen LogP contribution in [0.3, 0.4) is 0 Å². The van der Waals surface area contributed by atoms with Crippen LogP contribution >= 0.6 is 11.3 Å². The molecular weight excluding hydrogens is 324 g/mol. The minimum absolute atomic E-state index is 0.317. The molecule has 0 atom stereocenters. The average molecular weight is 342 g/mol. The van der Waals surface area contributed by atoms with Crippen molar-refractivity contribution in [1.82, 2.24) is 20.4 Å². The fraction of sp³-hybridized carbons (Fsp3) is 0.235. The van der Waals surface area contributed by atoms with Crippen molar-refractivity contribution >= 4 is 34.2 Å². The van der Waals surface area contributed by atoms with E-state index in [1.165, 1.54) is 11.3 Å². The Balaban J connectivity index is 1.74. The van der Waals surface area contributed by atoms with Crippen LogP contribution in [0.15, 0.2) is 29.6 Å². The van der Waals surface area contributed by atoms with Crippen LogP contribution in [0.25, 0.3) is 11.0 Å². The van der Waals surface area contributed by atoms with Gasteiger partial charge in [-0.3, -0.25) is 20.4 Å². The van der Waals surface area contributed by atoms with Crippen molar-refractivity contribution in [3.05, 3.63) is 51.5 Å². The maximum Gasteiger partial charge on any atom is 0.280 e. The highest BCUT2D eigenvalue weighted by Gasteiger charge is 2.14. The van der Waals surface area contributed by atoms with Gasteiger partial charge in [0, 0.05) is 12.1 Å². The van der Waals surface area contributed by atoms with Crippen LogP contribution in [-0.4, -0.2) is 21.4 Å². The molecule has 0 bridgehead atoms. The second-order valence-electron chi connectivity index (χ2n) is 5.45. The maximum absolute atomic E-state index is 12.3. The molecule has 0 spiro atoms. The summed E-state index contributed by atoms with van der Waals surface area (Å²) in [7, 11) is 0. The van der Waals surface area contributed by atoms with Gasteiger partial charge in [-0.15, -0.1) is 11.3 Å². The van der Waals surface area contributed by atoms with E-state index >= 15 is 0 Å². The summed E-state index contributed by atoms with van der Waals surface area (Å²) < 4.78 is 2.08. The molecular formula is C17H18N4O2S. The topological polar surface area (TPSA) is 76.0 Å². The summed E-state index contributed by atoms with van der Waals surface area (Å²) in [5.41, 5.74) is 7.98. The number of hydrogen-bond donors (Lipinski definition) is 2. The van der Waals surface area contributed by atoms with Crippen LogP contribution in [0.4, 0.5) is 0 Å². The maximum atomic E-state index is 12.3. The molecule has 0 fully saturated rings. The molecule has 3 aromatic rings. The molecule has 24 heavy (non-hydrogen) atoms. The number of nitrogens with zero attached hydrogens (tertiary/aromatic N) is 2. The van der Waals surface area contributed by atoms with Gasteiger partial charge in [0.2, 0.25) is 0 Å². The van der Waals surface area contributed by atoms with Crippen LogP contribution in [0.2, 0.25) is 0 Å². The third-order valence-electron chi connectivity index (χ3n) is 3.88. The second-order valence-corrected chi connectivity index (χ2v) is 6.36. The smallest absolute Gasteiger partial charge is 0.280 e. The third kappa shape index (κ3) is 2.90. The van der Waals surface area contributed by atoms with Gasteiger partial charge in [0.25, 0.3) is 11.8 Å². The van der Waals surface area contributed by atoms with E-state index in [0.717, 1.165) is 29.0 Å². The van der Waals surface area contributed by atoms with Crippen molar-refractivity contribution < 1.29 is 9.59 Å². The number of aryl methyl sites for hydroxylation is 3. The van der Waals surface area contributed by atoms with E-state index in [9.17, 15) is 9.59 Å². The second kappa shape index (κ2) is 6.45. The van der Waals surface area contributed by atoms with Crippen molar-refractivity contribution in [2.45, 2.75) is 27.3 Å². The molecule has 7 heteroatoms. The van der Waals surface area contributed by atoms with Crippen molar-refractivity contribution in [3.8, 4) is 0 Å². The zero-order valence-electron chi connectivity index (χ0n) is 13.7. The number of aromatic nitrogens is 2. The lowest BCUT2D eigenvalue weighted by Crippen LogP contribution is -2.41. The predicted octanol–water partition coefficient (Wildman–Crippen LogP) is 2.81. The Morgan fingerprint density at radius 1 is 1.17 bits per heavy atom. The van der Waals surface area contributed by atoms with Crippen LogP contribution in [-0.2, 0) is 6.54 Å². The minimum atomic E-state index is -0.372. The highest BCUT2D eigenvalue weighted by Crippen LogP contribution is 2.18. The van der Waals surface area contributed by atoms with E-state index in [4.69, 9.17) is 0 Å². The summed E-state index contributed by atoms with van der Waals surface area (Å²) in [6, 6.07) is 7.20. The number of benzene rings is 1. The Kier molecular flexibility index (Phi) is 4.35. The number of nitrogens with one attached hydrogen (secondary N) is 2. The van der Waals surface area contributed by atoms with Gasteiger partial charge in [-0.25, -0.2) is 4.98 Å². The number of thiophene rings is 1. The number of carbonyl (C=O) groups is 2. The lowest BCUT2D eigenvalue weighted by Gasteiger charge is -2.07. The Morgan fingerprint density at radius 2 is 1.92 bits per heavy atom. The summed E-state index contributed by atoms with van der Waals surface area (Å²) in [6.07, 6.45) is 0. The summed E-state index contributed by atoms with van der Waals surface area (Å²) in [5.74, 6) is 0.220. The molecule has 0 aliphatic heterocycles.